The van der Waals surface area contributed by atoms with Crippen LogP contribution in [0.4, 0.5) is 17.3 Å². The molecule has 7 heteroatoms. The minimum Gasteiger partial charge on any atom is -0.376 e. The normalized spacial score (nSPS) is 20.2. The number of rotatable bonds is 5. The molecule has 5 rings (SSSR count). The maximum absolute atomic E-state index is 5.82. The molecular formula is C23H30N6O. The summed E-state index contributed by atoms with van der Waals surface area (Å²) in [5.41, 5.74) is 4.44. The van der Waals surface area contributed by atoms with Crippen LogP contribution in [0.1, 0.15) is 18.4 Å². The topological polar surface area (TPSA) is 58.5 Å². The highest BCUT2D eigenvalue weighted by Gasteiger charge is 2.18. The number of nitrogens with one attached hydrogen (secondary N) is 1. The third-order valence-electron chi connectivity index (χ3n) is 6.23. The molecule has 4 heterocycles. The summed E-state index contributed by atoms with van der Waals surface area (Å²) in [4.78, 5) is 14.2. The zero-order valence-electron chi connectivity index (χ0n) is 17.8. The predicted molar refractivity (Wildman–Crippen MR) is 121 cm³/mol. The van der Waals surface area contributed by atoms with E-state index in [-0.39, 0.29) is 6.10 Å². The van der Waals surface area contributed by atoms with Crippen molar-refractivity contribution in [1.29, 1.82) is 0 Å². The number of ether oxygens (including phenoxy) is 1. The Hall–Kier alpha value is -2.64. The number of nitrogens with zero attached hydrogens (tertiary/aromatic N) is 5. The van der Waals surface area contributed by atoms with Crippen LogP contribution in [0.5, 0.6) is 0 Å². The largest absolute Gasteiger partial charge is 0.376 e. The van der Waals surface area contributed by atoms with Crippen molar-refractivity contribution in [3.05, 3.63) is 42.2 Å². The van der Waals surface area contributed by atoms with E-state index in [1.807, 2.05) is 6.20 Å². The first-order valence-electron chi connectivity index (χ1n) is 10.9. The molecule has 2 aliphatic rings. The summed E-state index contributed by atoms with van der Waals surface area (Å²) in [5, 5.41) is 4.47. The molecule has 1 N–H and O–H groups in total. The van der Waals surface area contributed by atoms with Crippen LogP contribution in [-0.2, 0) is 11.3 Å². The molecule has 30 heavy (non-hydrogen) atoms. The maximum Gasteiger partial charge on any atom is 0.229 e. The van der Waals surface area contributed by atoms with Crippen molar-refractivity contribution in [3.63, 3.8) is 0 Å². The van der Waals surface area contributed by atoms with Crippen LogP contribution >= 0.6 is 0 Å². The molecule has 7 nitrogen and oxygen atoms in total. The molecule has 0 radical (unpaired) electrons. The molecule has 158 valence electrons. The van der Waals surface area contributed by atoms with E-state index in [4.69, 9.17) is 9.72 Å². The Bertz CT molecular complexity index is 1000. The Balaban J connectivity index is 1.32. The van der Waals surface area contributed by atoms with Crippen molar-refractivity contribution >= 4 is 28.4 Å². The summed E-state index contributed by atoms with van der Waals surface area (Å²) in [6.45, 7) is 8.20. The minimum absolute atomic E-state index is 0.286. The smallest absolute Gasteiger partial charge is 0.229 e. The highest BCUT2D eigenvalue weighted by Crippen LogP contribution is 2.25. The molecule has 0 bridgehead atoms. The highest BCUT2D eigenvalue weighted by atomic mass is 16.5. The lowest BCUT2D eigenvalue weighted by atomic mass is 10.2. The van der Waals surface area contributed by atoms with Gasteiger partial charge >= 0.3 is 0 Å². The zero-order chi connectivity index (χ0) is 20.5. The second-order valence-electron chi connectivity index (χ2n) is 8.49. The Morgan fingerprint density at radius 3 is 2.67 bits per heavy atom. The summed E-state index contributed by atoms with van der Waals surface area (Å²) in [6, 6.07) is 8.57. The lowest BCUT2D eigenvalue weighted by Crippen LogP contribution is -2.44. The first-order valence-corrected chi connectivity index (χ1v) is 10.9. The van der Waals surface area contributed by atoms with Gasteiger partial charge in [-0.2, -0.15) is 4.98 Å². The zero-order valence-corrected chi connectivity index (χ0v) is 17.8. The van der Waals surface area contributed by atoms with Gasteiger partial charge in [-0.3, -0.25) is 0 Å². The Morgan fingerprint density at radius 2 is 1.93 bits per heavy atom. The number of piperazine rings is 1. The fraction of sp³-hybridized carbons (Fsp3) is 0.478. The number of hydrogen-bond donors (Lipinski definition) is 1. The van der Waals surface area contributed by atoms with Gasteiger partial charge in [0.2, 0.25) is 5.95 Å². The van der Waals surface area contributed by atoms with E-state index < -0.39 is 0 Å². The number of anilines is 3. The number of likely N-dealkylation sites (N-methyl/N-ethyl adjacent to an activating group) is 1. The van der Waals surface area contributed by atoms with Gasteiger partial charge in [0.25, 0.3) is 0 Å². The Labute approximate surface area is 177 Å². The van der Waals surface area contributed by atoms with Gasteiger partial charge in [-0.05, 0) is 56.6 Å². The molecule has 2 aromatic heterocycles. The van der Waals surface area contributed by atoms with Gasteiger partial charge < -0.3 is 24.4 Å². The summed E-state index contributed by atoms with van der Waals surface area (Å²) < 4.78 is 8.03. The van der Waals surface area contributed by atoms with Crippen molar-refractivity contribution in [3.8, 4) is 0 Å². The molecule has 0 amide bonds. The number of aryl methyl sites for hydroxylation is 1. The second kappa shape index (κ2) is 8.24. The van der Waals surface area contributed by atoms with E-state index >= 15 is 0 Å². The number of benzene rings is 1. The summed E-state index contributed by atoms with van der Waals surface area (Å²) >= 11 is 0. The molecule has 0 saturated carbocycles. The van der Waals surface area contributed by atoms with Crippen LogP contribution in [0.2, 0.25) is 0 Å². The fourth-order valence-electron chi connectivity index (χ4n) is 4.39. The van der Waals surface area contributed by atoms with Gasteiger partial charge in [0, 0.05) is 61.9 Å². The monoisotopic (exact) mass is 406 g/mol. The highest BCUT2D eigenvalue weighted by molar-refractivity contribution is 5.80. The number of aromatic nitrogens is 3. The predicted octanol–water partition coefficient (Wildman–Crippen LogP) is 3.41. The van der Waals surface area contributed by atoms with Crippen LogP contribution in [0, 0.1) is 6.92 Å². The van der Waals surface area contributed by atoms with E-state index in [1.54, 1.807) is 0 Å². The van der Waals surface area contributed by atoms with Crippen LogP contribution in [-0.4, -0.2) is 65.4 Å². The standard InChI is InChI=1S/C23H30N6O/c1-17-15-29(16-20-4-3-13-30-20)22-21(17)14-24-23(26-22)25-18-5-7-19(8-6-18)28-11-9-27(2)10-12-28/h5-8,14-15,20H,3-4,9-13,16H2,1-2H3,(H,24,25,26). The molecule has 0 aliphatic carbocycles. The van der Waals surface area contributed by atoms with Crippen LogP contribution in [0.3, 0.4) is 0 Å². The molecule has 1 atom stereocenters. The third-order valence-corrected chi connectivity index (χ3v) is 6.23. The Kier molecular flexibility index (Phi) is 5.31. The van der Waals surface area contributed by atoms with Crippen LogP contribution in [0.15, 0.2) is 36.7 Å². The van der Waals surface area contributed by atoms with E-state index in [9.17, 15) is 0 Å². The summed E-state index contributed by atoms with van der Waals surface area (Å²) in [5.74, 6) is 0.626. The third kappa shape index (κ3) is 4.00. The molecule has 1 aromatic carbocycles. The number of fused-ring (bicyclic) bond motifs is 1. The first kappa shape index (κ1) is 19.3. The van der Waals surface area contributed by atoms with E-state index in [0.29, 0.717) is 5.95 Å². The van der Waals surface area contributed by atoms with Gasteiger partial charge in [-0.15, -0.1) is 0 Å². The van der Waals surface area contributed by atoms with E-state index in [2.05, 4.69) is 69.1 Å². The van der Waals surface area contributed by atoms with Gasteiger partial charge in [0.1, 0.15) is 5.65 Å². The van der Waals surface area contributed by atoms with Crippen molar-refractivity contribution in [2.24, 2.45) is 0 Å². The first-order chi connectivity index (χ1) is 14.7. The van der Waals surface area contributed by atoms with Gasteiger partial charge in [0.15, 0.2) is 0 Å². The van der Waals surface area contributed by atoms with Crippen molar-refractivity contribution in [2.45, 2.75) is 32.4 Å². The molecule has 1 unspecified atom stereocenters. The van der Waals surface area contributed by atoms with E-state index in [1.165, 1.54) is 11.3 Å². The molecule has 2 saturated heterocycles. The lowest BCUT2D eigenvalue weighted by Gasteiger charge is -2.34. The fourth-order valence-corrected chi connectivity index (χ4v) is 4.39. The minimum atomic E-state index is 0.286. The molecule has 0 spiro atoms. The lowest BCUT2D eigenvalue weighted by molar-refractivity contribution is 0.0979. The number of hydrogen-bond acceptors (Lipinski definition) is 6. The van der Waals surface area contributed by atoms with Gasteiger partial charge in [-0.1, -0.05) is 0 Å². The summed E-state index contributed by atoms with van der Waals surface area (Å²) in [7, 11) is 2.18. The van der Waals surface area contributed by atoms with Crippen molar-refractivity contribution < 1.29 is 4.74 Å². The molecule has 2 aliphatic heterocycles. The van der Waals surface area contributed by atoms with Crippen molar-refractivity contribution in [2.75, 3.05) is 50.1 Å². The summed E-state index contributed by atoms with van der Waals surface area (Å²) in [6.07, 6.45) is 6.64. The Morgan fingerprint density at radius 1 is 1.13 bits per heavy atom. The molecule has 2 fully saturated rings. The average Bonchev–Trinajstić information content (AvgIpc) is 3.38. The average molecular weight is 407 g/mol. The quantitative estimate of drug-likeness (QED) is 0.701. The van der Waals surface area contributed by atoms with E-state index in [0.717, 1.165) is 68.9 Å². The van der Waals surface area contributed by atoms with Gasteiger partial charge in [-0.25, -0.2) is 4.98 Å². The maximum atomic E-state index is 5.82. The van der Waals surface area contributed by atoms with Crippen molar-refractivity contribution in [1.82, 2.24) is 19.4 Å². The molecular weight excluding hydrogens is 376 g/mol. The van der Waals surface area contributed by atoms with Gasteiger partial charge in [0.05, 0.1) is 12.6 Å². The molecule has 3 aromatic rings. The van der Waals surface area contributed by atoms with Crippen LogP contribution < -0.4 is 10.2 Å². The SMILES string of the molecule is Cc1cn(CC2CCCO2)c2nc(Nc3ccc(N4CCN(C)CC4)cc3)ncc12. The second-order valence-corrected chi connectivity index (χ2v) is 8.49. The van der Waals surface area contributed by atoms with Crippen LogP contribution in [0.25, 0.3) is 11.0 Å².